The van der Waals surface area contributed by atoms with E-state index in [0.29, 0.717) is 18.7 Å². The summed E-state index contributed by atoms with van der Waals surface area (Å²) in [6.45, 7) is 3.31. The highest BCUT2D eigenvalue weighted by Gasteiger charge is 2.37. The Morgan fingerprint density at radius 2 is 2.38 bits per heavy atom. The fourth-order valence-corrected chi connectivity index (χ4v) is 3.01. The van der Waals surface area contributed by atoms with Gasteiger partial charge in [0, 0.05) is 19.5 Å². The Kier molecular flexibility index (Phi) is 3.96. The van der Waals surface area contributed by atoms with E-state index >= 15 is 0 Å². The van der Waals surface area contributed by atoms with Gasteiger partial charge < -0.3 is 19.4 Å². The summed E-state index contributed by atoms with van der Waals surface area (Å²) in [5, 5.41) is 2.91. The number of hydrogen-bond acceptors (Lipinski definition) is 4. The maximum absolute atomic E-state index is 12.6. The van der Waals surface area contributed by atoms with E-state index in [9.17, 15) is 9.59 Å². The van der Waals surface area contributed by atoms with Crippen molar-refractivity contribution in [2.24, 2.45) is 0 Å². The molecule has 0 radical (unpaired) electrons. The summed E-state index contributed by atoms with van der Waals surface area (Å²) in [6, 6.07) is 1.63. The summed E-state index contributed by atoms with van der Waals surface area (Å²) in [7, 11) is 0. The van der Waals surface area contributed by atoms with Crippen LogP contribution in [-0.2, 0) is 16.0 Å². The molecule has 6 heteroatoms. The number of rotatable bonds is 3. The van der Waals surface area contributed by atoms with Crippen LogP contribution in [0.5, 0.6) is 0 Å². The Bertz CT molecular complexity index is 540. The van der Waals surface area contributed by atoms with E-state index in [4.69, 9.17) is 9.15 Å². The number of fused-ring (bicyclic) bond motifs is 1. The van der Waals surface area contributed by atoms with Crippen LogP contribution in [0.1, 0.15) is 35.9 Å². The Labute approximate surface area is 123 Å². The van der Waals surface area contributed by atoms with Crippen molar-refractivity contribution in [3.8, 4) is 0 Å². The van der Waals surface area contributed by atoms with E-state index < -0.39 is 0 Å². The molecule has 0 bridgehead atoms. The molecule has 2 fully saturated rings. The summed E-state index contributed by atoms with van der Waals surface area (Å²) in [5.41, 5.74) is 0.637. The van der Waals surface area contributed by atoms with Crippen molar-refractivity contribution in [3.05, 3.63) is 23.7 Å². The first-order valence-electron chi connectivity index (χ1n) is 7.45. The molecule has 3 rings (SSSR count). The summed E-state index contributed by atoms with van der Waals surface area (Å²) < 4.78 is 10.9. The van der Waals surface area contributed by atoms with Gasteiger partial charge in [-0.05, 0) is 18.9 Å². The molecule has 114 valence electrons. The number of furan rings is 1. The molecular formula is C15H20N2O4. The van der Waals surface area contributed by atoms with Crippen molar-refractivity contribution >= 4 is 11.8 Å². The fourth-order valence-electron chi connectivity index (χ4n) is 3.01. The number of nitrogens with one attached hydrogen (secondary N) is 1. The first-order valence-corrected chi connectivity index (χ1v) is 7.45. The molecule has 0 aliphatic carbocycles. The predicted octanol–water partition coefficient (Wildman–Crippen LogP) is 0.962. The van der Waals surface area contributed by atoms with Crippen molar-refractivity contribution in [2.45, 2.75) is 38.3 Å². The zero-order valence-corrected chi connectivity index (χ0v) is 12.1. The van der Waals surface area contributed by atoms with Gasteiger partial charge in [-0.15, -0.1) is 0 Å². The van der Waals surface area contributed by atoms with Crippen molar-refractivity contribution in [2.75, 3.05) is 19.7 Å². The van der Waals surface area contributed by atoms with E-state index in [0.717, 1.165) is 25.0 Å². The molecule has 2 aliphatic rings. The van der Waals surface area contributed by atoms with Crippen LogP contribution in [0.25, 0.3) is 0 Å². The summed E-state index contributed by atoms with van der Waals surface area (Å²) in [4.78, 5) is 25.8. The van der Waals surface area contributed by atoms with E-state index in [2.05, 4.69) is 12.2 Å². The minimum Gasteiger partial charge on any atom is -0.469 e. The van der Waals surface area contributed by atoms with Gasteiger partial charge in [0.05, 0.1) is 24.0 Å². The standard InChI is InChI=1S/C15H20N2O4/c1-2-3-12-10(5-7-20-12)15(19)17-6-4-13-11(8-17)16-14(18)9-21-13/h5,7,11,13H,2-4,6,8-9H2,1H3,(H,16,18). The molecule has 1 aromatic rings. The maximum atomic E-state index is 12.6. The molecule has 0 aromatic carbocycles. The van der Waals surface area contributed by atoms with E-state index in [1.54, 1.807) is 17.2 Å². The van der Waals surface area contributed by atoms with Gasteiger partial charge in [-0.3, -0.25) is 9.59 Å². The van der Waals surface area contributed by atoms with Gasteiger partial charge in [-0.2, -0.15) is 0 Å². The lowest BCUT2D eigenvalue weighted by Gasteiger charge is -2.41. The maximum Gasteiger partial charge on any atom is 0.257 e. The number of ether oxygens (including phenoxy) is 1. The highest BCUT2D eigenvalue weighted by Crippen LogP contribution is 2.21. The first kappa shape index (κ1) is 14.1. The van der Waals surface area contributed by atoms with Crippen molar-refractivity contribution in [3.63, 3.8) is 0 Å². The van der Waals surface area contributed by atoms with Gasteiger partial charge in [0.25, 0.3) is 5.91 Å². The van der Waals surface area contributed by atoms with Gasteiger partial charge >= 0.3 is 0 Å². The molecule has 2 unspecified atom stereocenters. The quantitative estimate of drug-likeness (QED) is 0.901. The zero-order chi connectivity index (χ0) is 14.8. The lowest BCUT2D eigenvalue weighted by molar-refractivity contribution is -0.139. The summed E-state index contributed by atoms with van der Waals surface area (Å²) in [6.07, 6.45) is 4.02. The monoisotopic (exact) mass is 292 g/mol. The van der Waals surface area contributed by atoms with Gasteiger partial charge in [-0.1, -0.05) is 6.92 Å². The second-order valence-electron chi connectivity index (χ2n) is 5.57. The molecule has 21 heavy (non-hydrogen) atoms. The largest absolute Gasteiger partial charge is 0.469 e. The smallest absolute Gasteiger partial charge is 0.257 e. The number of carbonyl (C=O) groups excluding carboxylic acids is 2. The molecule has 2 aliphatic heterocycles. The Morgan fingerprint density at radius 1 is 1.52 bits per heavy atom. The Balaban J connectivity index is 1.70. The van der Waals surface area contributed by atoms with Crippen LogP contribution in [-0.4, -0.2) is 48.6 Å². The lowest BCUT2D eigenvalue weighted by Crippen LogP contribution is -2.61. The third-order valence-corrected chi connectivity index (χ3v) is 4.06. The molecule has 3 heterocycles. The second-order valence-corrected chi connectivity index (χ2v) is 5.57. The minimum atomic E-state index is -0.111. The van der Waals surface area contributed by atoms with Crippen LogP contribution in [0.4, 0.5) is 0 Å². The third kappa shape index (κ3) is 2.81. The van der Waals surface area contributed by atoms with Crippen LogP contribution < -0.4 is 5.32 Å². The van der Waals surface area contributed by atoms with Crippen molar-refractivity contribution < 1.29 is 18.7 Å². The Morgan fingerprint density at radius 3 is 3.19 bits per heavy atom. The molecule has 2 amide bonds. The fraction of sp³-hybridized carbons (Fsp3) is 0.600. The number of nitrogens with zero attached hydrogens (tertiary/aromatic N) is 1. The molecule has 0 saturated carbocycles. The average Bonchev–Trinajstić information content (AvgIpc) is 2.94. The van der Waals surface area contributed by atoms with Gasteiger partial charge in [0.2, 0.25) is 5.91 Å². The number of piperidine rings is 1. The molecule has 6 nitrogen and oxygen atoms in total. The summed E-state index contributed by atoms with van der Waals surface area (Å²) in [5.74, 6) is 0.611. The van der Waals surface area contributed by atoms with Gasteiger partial charge in [-0.25, -0.2) is 0 Å². The van der Waals surface area contributed by atoms with Crippen LogP contribution in [0, 0.1) is 0 Å². The number of aryl methyl sites for hydroxylation is 1. The van der Waals surface area contributed by atoms with Crippen molar-refractivity contribution in [1.29, 1.82) is 0 Å². The van der Waals surface area contributed by atoms with Gasteiger partial charge in [0.15, 0.2) is 0 Å². The SMILES string of the molecule is CCCc1occc1C(=O)N1CCC2OCC(=O)NC2C1. The molecule has 2 atom stereocenters. The zero-order valence-electron chi connectivity index (χ0n) is 12.1. The second kappa shape index (κ2) is 5.89. The van der Waals surface area contributed by atoms with E-state index in [1.165, 1.54) is 0 Å². The number of morpholine rings is 1. The normalized spacial score (nSPS) is 25.4. The summed E-state index contributed by atoms with van der Waals surface area (Å²) >= 11 is 0. The highest BCUT2D eigenvalue weighted by atomic mass is 16.5. The molecule has 2 saturated heterocycles. The molecule has 1 N–H and O–H groups in total. The molecule has 0 spiro atoms. The van der Waals surface area contributed by atoms with Gasteiger partial charge in [0.1, 0.15) is 12.4 Å². The number of hydrogen-bond donors (Lipinski definition) is 1. The van der Waals surface area contributed by atoms with Crippen molar-refractivity contribution in [1.82, 2.24) is 10.2 Å². The Hall–Kier alpha value is -1.82. The van der Waals surface area contributed by atoms with Crippen LogP contribution in [0.3, 0.4) is 0 Å². The van der Waals surface area contributed by atoms with Crippen LogP contribution in [0.2, 0.25) is 0 Å². The highest BCUT2D eigenvalue weighted by molar-refractivity contribution is 5.95. The first-order chi connectivity index (χ1) is 10.2. The topological polar surface area (TPSA) is 71.8 Å². The number of amides is 2. The number of likely N-dealkylation sites (tertiary alicyclic amines) is 1. The predicted molar refractivity (Wildman–Crippen MR) is 74.9 cm³/mol. The average molecular weight is 292 g/mol. The van der Waals surface area contributed by atoms with E-state index in [1.807, 2.05) is 0 Å². The number of carbonyl (C=O) groups is 2. The molecular weight excluding hydrogens is 272 g/mol. The lowest BCUT2D eigenvalue weighted by atomic mass is 9.99. The van der Waals surface area contributed by atoms with Crippen LogP contribution >= 0.6 is 0 Å². The third-order valence-electron chi connectivity index (χ3n) is 4.06. The molecule has 1 aromatic heterocycles. The van der Waals surface area contributed by atoms with Crippen LogP contribution in [0.15, 0.2) is 16.7 Å². The minimum absolute atomic E-state index is 0.0196. The van der Waals surface area contributed by atoms with E-state index in [-0.39, 0.29) is 30.6 Å².